The van der Waals surface area contributed by atoms with Gasteiger partial charge < -0.3 is 9.73 Å². The van der Waals surface area contributed by atoms with Gasteiger partial charge in [-0.1, -0.05) is 0 Å². The van der Waals surface area contributed by atoms with Gasteiger partial charge >= 0.3 is 5.63 Å². The molecule has 1 saturated heterocycles. The van der Waals surface area contributed by atoms with Gasteiger partial charge in [0.1, 0.15) is 5.58 Å². The van der Waals surface area contributed by atoms with Gasteiger partial charge in [-0.05, 0) is 49.7 Å². The van der Waals surface area contributed by atoms with E-state index in [4.69, 9.17) is 4.42 Å². The third-order valence-electron chi connectivity index (χ3n) is 3.63. The highest BCUT2D eigenvalue weighted by Gasteiger charge is 2.19. The zero-order chi connectivity index (χ0) is 14.9. The molecule has 1 atom stereocenters. The van der Waals surface area contributed by atoms with Gasteiger partial charge in [-0.25, -0.2) is 17.9 Å². The molecule has 22 heavy (non-hydrogen) atoms. The predicted molar refractivity (Wildman–Crippen MR) is 85.9 cm³/mol. The van der Waals surface area contributed by atoms with Crippen LogP contribution in [0.1, 0.15) is 6.42 Å². The van der Waals surface area contributed by atoms with Crippen LogP contribution in [-0.4, -0.2) is 28.1 Å². The third-order valence-corrected chi connectivity index (χ3v) is 5.05. The van der Waals surface area contributed by atoms with E-state index in [-0.39, 0.29) is 17.3 Å². The molecule has 1 unspecified atom stereocenters. The number of fused-ring (bicyclic) bond motifs is 1. The summed E-state index contributed by atoms with van der Waals surface area (Å²) in [5.41, 5.74) is -0.0774. The average molecular weight is 345 g/mol. The van der Waals surface area contributed by atoms with Crippen molar-refractivity contribution in [2.24, 2.45) is 5.92 Å². The Morgan fingerprint density at radius 2 is 2.09 bits per heavy atom. The summed E-state index contributed by atoms with van der Waals surface area (Å²) in [6, 6.07) is 7.29. The molecule has 2 N–H and O–H groups in total. The normalized spacial score (nSPS) is 18.3. The number of halogens is 1. The smallest absolute Gasteiger partial charge is 0.336 e. The first-order valence-electron chi connectivity index (χ1n) is 6.79. The molecule has 1 aliphatic heterocycles. The van der Waals surface area contributed by atoms with Crippen LogP contribution >= 0.6 is 12.4 Å². The van der Waals surface area contributed by atoms with Gasteiger partial charge in [0.15, 0.2) is 0 Å². The van der Waals surface area contributed by atoms with Gasteiger partial charge in [0, 0.05) is 18.0 Å². The lowest BCUT2D eigenvalue weighted by Crippen LogP contribution is -2.30. The molecule has 1 aromatic carbocycles. The van der Waals surface area contributed by atoms with Crippen molar-refractivity contribution in [2.45, 2.75) is 11.3 Å². The summed E-state index contributed by atoms with van der Waals surface area (Å²) < 4.78 is 32.2. The molecule has 2 aromatic rings. The standard InChI is InChI=1S/C14H16N2O4S.ClH/c17-14-4-1-11-7-12(2-3-13(11)20-14)21(18,19)16-9-10-5-6-15-8-10;/h1-4,7,10,15-16H,5-6,8-9H2;1H. The van der Waals surface area contributed by atoms with Crippen molar-refractivity contribution >= 4 is 33.4 Å². The second-order valence-corrected chi connectivity index (χ2v) is 6.93. The molecule has 1 fully saturated rings. The summed E-state index contributed by atoms with van der Waals surface area (Å²) in [5, 5.41) is 3.78. The first-order chi connectivity index (χ1) is 10.0. The van der Waals surface area contributed by atoms with Crippen LogP contribution in [0.5, 0.6) is 0 Å². The van der Waals surface area contributed by atoms with E-state index >= 15 is 0 Å². The van der Waals surface area contributed by atoms with Gasteiger partial charge in [-0.2, -0.15) is 0 Å². The molecule has 0 radical (unpaired) electrons. The van der Waals surface area contributed by atoms with Gasteiger partial charge in [-0.15, -0.1) is 12.4 Å². The summed E-state index contributed by atoms with van der Waals surface area (Å²) in [6.45, 7) is 2.20. The van der Waals surface area contributed by atoms with E-state index in [1.165, 1.54) is 24.3 Å². The predicted octanol–water partition coefficient (Wildman–Crippen LogP) is 1.10. The molecule has 8 heteroatoms. The Kier molecular flexibility index (Phi) is 5.23. The van der Waals surface area contributed by atoms with Gasteiger partial charge in [0.05, 0.1) is 4.90 Å². The zero-order valence-corrected chi connectivity index (χ0v) is 13.4. The van der Waals surface area contributed by atoms with Crippen LogP contribution in [0.4, 0.5) is 0 Å². The van der Waals surface area contributed by atoms with Crippen LogP contribution in [0.2, 0.25) is 0 Å². The van der Waals surface area contributed by atoms with E-state index in [9.17, 15) is 13.2 Å². The molecule has 3 rings (SSSR count). The average Bonchev–Trinajstić information content (AvgIpc) is 2.98. The fourth-order valence-corrected chi connectivity index (χ4v) is 3.57. The number of benzene rings is 1. The Labute approximate surface area is 134 Å². The maximum Gasteiger partial charge on any atom is 0.336 e. The molecule has 120 valence electrons. The van der Waals surface area contributed by atoms with Crippen molar-refractivity contribution in [3.63, 3.8) is 0 Å². The molecule has 1 aromatic heterocycles. The number of hydrogen-bond donors (Lipinski definition) is 2. The minimum absolute atomic E-state index is 0. The van der Waals surface area contributed by atoms with Crippen molar-refractivity contribution in [1.29, 1.82) is 0 Å². The Balaban J connectivity index is 0.00000176. The van der Waals surface area contributed by atoms with Gasteiger partial charge in [0.2, 0.25) is 10.0 Å². The summed E-state index contributed by atoms with van der Waals surface area (Å²) in [4.78, 5) is 11.3. The molecule has 6 nitrogen and oxygen atoms in total. The topological polar surface area (TPSA) is 88.4 Å². The van der Waals surface area contributed by atoms with Crippen LogP contribution < -0.4 is 15.7 Å². The Morgan fingerprint density at radius 3 is 2.82 bits per heavy atom. The van der Waals surface area contributed by atoms with Crippen LogP contribution in [-0.2, 0) is 10.0 Å². The molecule has 1 aliphatic rings. The van der Waals surface area contributed by atoms with E-state index in [0.717, 1.165) is 19.5 Å². The highest BCUT2D eigenvalue weighted by atomic mass is 35.5. The summed E-state index contributed by atoms with van der Waals surface area (Å²) >= 11 is 0. The van der Waals surface area contributed by atoms with Gasteiger partial charge in [0.25, 0.3) is 0 Å². The highest BCUT2D eigenvalue weighted by molar-refractivity contribution is 7.89. The van der Waals surface area contributed by atoms with E-state index in [1.807, 2.05) is 0 Å². The maximum atomic E-state index is 12.3. The third kappa shape index (κ3) is 3.67. The molecule has 0 amide bonds. The van der Waals surface area contributed by atoms with E-state index < -0.39 is 15.6 Å². The quantitative estimate of drug-likeness (QED) is 0.811. The number of hydrogen-bond acceptors (Lipinski definition) is 5. The molecular formula is C14H17ClN2O4S. The van der Waals surface area contributed by atoms with Crippen molar-refractivity contribution in [2.75, 3.05) is 19.6 Å². The summed E-state index contributed by atoms with van der Waals surface area (Å²) in [7, 11) is -3.55. The fraction of sp³-hybridized carbons (Fsp3) is 0.357. The minimum atomic E-state index is -3.55. The molecule has 2 heterocycles. The highest BCUT2D eigenvalue weighted by Crippen LogP contribution is 2.18. The van der Waals surface area contributed by atoms with Crippen LogP contribution in [0.15, 0.2) is 44.4 Å². The number of rotatable bonds is 4. The first kappa shape index (κ1) is 17.0. The Bertz CT molecular complexity index is 813. The van der Waals surface area contributed by atoms with Crippen LogP contribution in [0.25, 0.3) is 11.0 Å². The second-order valence-electron chi connectivity index (χ2n) is 5.16. The number of nitrogens with one attached hydrogen (secondary N) is 2. The van der Waals surface area contributed by atoms with E-state index in [0.29, 0.717) is 23.4 Å². The molecule has 0 bridgehead atoms. The largest absolute Gasteiger partial charge is 0.423 e. The second kappa shape index (κ2) is 6.78. The monoisotopic (exact) mass is 344 g/mol. The molecule has 0 spiro atoms. The lowest BCUT2D eigenvalue weighted by molar-refractivity contribution is 0.538. The zero-order valence-electron chi connectivity index (χ0n) is 11.7. The minimum Gasteiger partial charge on any atom is -0.423 e. The van der Waals surface area contributed by atoms with Crippen molar-refractivity contribution in [3.8, 4) is 0 Å². The Hall–Kier alpha value is -1.41. The number of sulfonamides is 1. The molecule has 0 aliphatic carbocycles. The molecular weight excluding hydrogens is 328 g/mol. The SMILES string of the molecule is Cl.O=c1ccc2cc(S(=O)(=O)NCC3CCNC3)ccc2o1. The maximum absolute atomic E-state index is 12.3. The van der Waals surface area contributed by atoms with E-state index in [2.05, 4.69) is 10.0 Å². The fourth-order valence-electron chi connectivity index (χ4n) is 2.42. The lowest BCUT2D eigenvalue weighted by atomic mass is 10.1. The van der Waals surface area contributed by atoms with Crippen molar-refractivity contribution < 1.29 is 12.8 Å². The summed E-state index contributed by atoms with van der Waals surface area (Å²) in [6.07, 6.45) is 0.978. The van der Waals surface area contributed by atoms with Crippen molar-refractivity contribution in [1.82, 2.24) is 10.0 Å². The van der Waals surface area contributed by atoms with E-state index in [1.54, 1.807) is 6.07 Å². The summed E-state index contributed by atoms with van der Waals surface area (Å²) in [5.74, 6) is 0.332. The lowest BCUT2D eigenvalue weighted by Gasteiger charge is -2.11. The Morgan fingerprint density at radius 1 is 1.27 bits per heavy atom. The molecule has 0 saturated carbocycles. The van der Waals surface area contributed by atoms with Gasteiger partial charge in [-0.3, -0.25) is 0 Å². The van der Waals surface area contributed by atoms with Crippen LogP contribution in [0, 0.1) is 5.92 Å². The van der Waals surface area contributed by atoms with Crippen molar-refractivity contribution in [3.05, 3.63) is 40.8 Å². The first-order valence-corrected chi connectivity index (χ1v) is 8.27. The van der Waals surface area contributed by atoms with Crippen LogP contribution in [0.3, 0.4) is 0 Å².